The van der Waals surface area contributed by atoms with E-state index in [4.69, 9.17) is 4.84 Å². The first kappa shape index (κ1) is 25.1. The van der Waals surface area contributed by atoms with Crippen LogP contribution in [0.2, 0.25) is 0 Å². The van der Waals surface area contributed by atoms with Gasteiger partial charge in [-0.15, -0.1) is 0 Å². The highest BCUT2D eigenvalue weighted by Crippen LogP contribution is 2.25. The third kappa shape index (κ3) is 5.97. The number of amides is 1. The van der Waals surface area contributed by atoms with Crippen LogP contribution in [0.3, 0.4) is 0 Å². The highest BCUT2D eigenvalue weighted by Gasteiger charge is 2.22. The van der Waals surface area contributed by atoms with Gasteiger partial charge in [-0.25, -0.2) is 8.42 Å². The van der Waals surface area contributed by atoms with Crippen molar-refractivity contribution in [3.05, 3.63) is 89.5 Å². The van der Waals surface area contributed by atoms with Gasteiger partial charge in [-0.2, -0.15) is 0 Å². The summed E-state index contributed by atoms with van der Waals surface area (Å²) in [5.74, 6) is -0.349. The molecule has 7 nitrogen and oxygen atoms in total. The Morgan fingerprint density at radius 2 is 1.71 bits per heavy atom. The Balaban J connectivity index is 1.46. The fraction of sp³-hybridized carbons (Fsp3) is 0.296. The number of carbonyl (C=O) groups is 1. The highest BCUT2D eigenvalue weighted by molar-refractivity contribution is 7.89. The standard InChI is InChI=1S/C27H31N3O4S/c1-29(34-2)35(32,33)25-10-7-9-23(18-25)27(31)28-19-24-8-3-4-11-26(24)22-14-12-21(13-15-22)20-30-16-5-6-17-30/h3-4,7-15,18H,5-6,16-17,19-20H2,1-2H3,(H,28,31). The second-order valence-corrected chi connectivity index (χ2v) is 10.6. The van der Waals surface area contributed by atoms with E-state index in [1.54, 1.807) is 12.1 Å². The van der Waals surface area contributed by atoms with Crippen LogP contribution in [0, 0.1) is 0 Å². The topological polar surface area (TPSA) is 78.9 Å². The van der Waals surface area contributed by atoms with Crippen molar-refractivity contribution in [2.45, 2.75) is 30.8 Å². The van der Waals surface area contributed by atoms with Crippen molar-refractivity contribution in [3.8, 4) is 11.1 Å². The fourth-order valence-electron chi connectivity index (χ4n) is 4.27. The lowest BCUT2D eigenvalue weighted by atomic mass is 9.98. The fourth-order valence-corrected chi connectivity index (χ4v) is 5.29. The number of carbonyl (C=O) groups excluding carboxylic acids is 1. The number of nitrogens with zero attached hydrogens (tertiary/aromatic N) is 2. The summed E-state index contributed by atoms with van der Waals surface area (Å²) >= 11 is 0. The number of nitrogens with one attached hydrogen (secondary N) is 1. The first-order valence-corrected chi connectivity index (χ1v) is 13.1. The zero-order chi connectivity index (χ0) is 24.8. The number of hydroxylamine groups is 1. The largest absolute Gasteiger partial charge is 0.348 e. The van der Waals surface area contributed by atoms with Crippen LogP contribution >= 0.6 is 0 Å². The van der Waals surface area contributed by atoms with Crippen LogP contribution in [0.25, 0.3) is 11.1 Å². The smallest absolute Gasteiger partial charge is 0.264 e. The Labute approximate surface area is 207 Å². The zero-order valence-electron chi connectivity index (χ0n) is 20.1. The van der Waals surface area contributed by atoms with Gasteiger partial charge in [-0.1, -0.05) is 59.1 Å². The first-order valence-electron chi connectivity index (χ1n) is 11.7. The average molecular weight is 494 g/mol. The molecule has 1 fully saturated rings. The van der Waals surface area contributed by atoms with E-state index in [1.165, 1.54) is 57.8 Å². The number of rotatable bonds is 9. The normalized spacial score (nSPS) is 14.4. The van der Waals surface area contributed by atoms with E-state index in [9.17, 15) is 13.2 Å². The van der Waals surface area contributed by atoms with Gasteiger partial charge < -0.3 is 5.32 Å². The second kappa shape index (κ2) is 11.1. The Kier molecular flexibility index (Phi) is 7.97. The van der Waals surface area contributed by atoms with Gasteiger partial charge in [0.25, 0.3) is 15.9 Å². The van der Waals surface area contributed by atoms with Crippen LogP contribution in [0.15, 0.2) is 77.7 Å². The van der Waals surface area contributed by atoms with Crippen molar-refractivity contribution in [2.24, 2.45) is 0 Å². The van der Waals surface area contributed by atoms with Crippen molar-refractivity contribution in [1.82, 2.24) is 14.7 Å². The quantitative estimate of drug-likeness (QED) is 0.455. The van der Waals surface area contributed by atoms with E-state index < -0.39 is 10.0 Å². The molecule has 0 saturated carbocycles. The van der Waals surface area contributed by atoms with Crippen molar-refractivity contribution in [3.63, 3.8) is 0 Å². The van der Waals surface area contributed by atoms with Gasteiger partial charge in [0.05, 0.1) is 12.0 Å². The Morgan fingerprint density at radius 1 is 1.00 bits per heavy atom. The van der Waals surface area contributed by atoms with Gasteiger partial charge in [0, 0.05) is 25.7 Å². The van der Waals surface area contributed by atoms with Gasteiger partial charge in [0.1, 0.15) is 0 Å². The molecule has 0 spiro atoms. The minimum absolute atomic E-state index is 0.0103. The molecule has 1 aliphatic heterocycles. The second-order valence-electron chi connectivity index (χ2n) is 8.65. The molecule has 184 valence electrons. The lowest BCUT2D eigenvalue weighted by molar-refractivity contribution is -0.0258. The van der Waals surface area contributed by atoms with E-state index in [2.05, 4.69) is 34.5 Å². The van der Waals surface area contributed by atoms with Crippen LogP contribution in [-0.4, -0.2) is 50.9 Å². The van der Waals surface area contributed by atoms with Crippen LogP contribution in [0.4, 0.5) is 0 Å². The Bertz CT molecular complexity index is 1270. The van der Waals surface area contributed by atoms with Gasteiger partial charge in [0.15, 0.2) is 0 Å². The maximum atomic E-state index is 12.8. The molecule has 35 heavy (non-hydrogen) atoms. The monoisotopic (exact) mass is 493 g/mol. The summed E-state index contributed by atoms with van der Waals surface area (Å²) in [6.07, 6.45) is 2.56. The number of likely N-dealkylation sites (tertiary alicyclic amines) is 1. The predicted octanol–water partition coefficient (Wildman–Crippen LogP) is 4.06. The van der Waals surface area contributed by atoms with E-state index in [-0.39, 0.29) is 16.4 Å². The number of sulfonamides is 1. The molecule has 0 radical (unpaired) electrons. The van der Waals surface area contributed by atoms with Crippen LogP contribution < -0.4 is 5.32 Å². The van der Waals surface area contributed by atoms with Gasteiger partial charge in [-0.05, 0) is 66.4 Å². The molecule has 1 saturated heterocycles. The van der Waals surface area contributed by atoms with Gasteiger partial charge in [0.2, 0.25) is 0 Å². The van der Waals surface area contributed by atoms with Gasteiger partial charge in [-0.3, -0.25) is 14.5 Å². The average Bonchev–Trinajstić information content (AvgIpc) is 3.40. The molecule has 1 amide bonds. The Hall–Kier alpha value is -3.04. The summed E-state index contributed by atoms with van der Waals surface area (Å²) in [4.78, 5) is 20.1. The molecule has 1 heterocycles. The van der Waals surface area contributed by atoms with Crippen LogP contribution in [0.5, 0.6) is 0 Å². The van der Waals surface area contributed by atoms with E-state index in [0.29, 0.717) is 6.54 Å². The third-order valence-corrected chi connectivity index (χ3v) is 7.99. The molecule has 0 unspecified atom stereocenters. The van der Waals surface area contributed by atoms with Gasteiger partial charge >= 0.3 is 0 Å². The molecule has 0 aromatic heterocycles. The SMILES string of the molecule is CON(C)S(=O)(=O)c1cccc(C(=O)NCc2ccccc2-c2ccc(CN3CCCC3)cc2)c1. The molecular weight excluding hydrogens is 462 g/mol. The molecule has 3 aromatic carbocycles. The highest BCUT2D eigenvalue weighted by atomic mass is 32.2. The molecule has 0 bridgehead atoms. The maximum absolute atomic E-state index is 12.8. The van der Waals surface area contributed by atoms with E-state index in [1.807, 2.05) is 24.3 Å². The van der Waals surface area contributed by atoms with Crippen LogP contribution in [0.1, 0.15) is 34.3 Å². The first-order chi connectivity index (χ1) is 16.9. The van der Waals surface area contributed by atoms with E-state index >= 15 is 0 Å². The van der Waals surface area contributed by atoms with Crippen molar-refractivity contribution in [1.29, 1.82) is 0 Å². The minimum Gasteiger partial charge on any atom is -0.348 e. The minimum atomic E-state index is -3.84. The summed E-state index contributed by atoms with van der Waals surface area (Å²) in [5, 5.41) is 2.92. The molecule has 1 aliphatic rings. The third-order valence-electron chi connectivity index (χ3n) is 6.32. The molecule has 0 atom stereocenters. The molecule has 3 aromatic rings. The number of hydrogen-bond acceptors (Lipinski definition) is 5. The molecular formula is C27H31N3O4S. The molecule has 1 N–H and O–H groups in total. The van der Waals surface area contributed by atoms with Crippen molar-refractivity contribution in [2.75, 3.05) is 27.2 Å². The molecule has 0 aliphatic carbocycles. The summed E-state index contributed by atoms with van der Waals surface area (Å²) in [5.41, 5.74) is 4.69. The maximum Gasteiger partial charge on any atom is 0.264 e. The number of hydrogen-bond donors (Lipinski definition) is 1. The molecule has 8 heteroatoms. The predicted molar refractivity (Wildman–Crippen MR) is 136 cm³/mol. The van der Waals surface area contributed by atoms with Crippen molar-refractivity contribution < 1.29 is 18.0 Å². The number of benzene rings is 3. The summed E-state index contributed by atoms with van der Waals surface area (Å²) in [7, 11) is -1.26. The van der Waals surface area contributed by atoms with Crippen molar-refractivity contribution >= 4 is 15.9 Å². The summed E-state index contributed by atoms with van der Waals surface area (Å²) in [6.45, 7) is 3.64. The zero-order valence-corrected chi connectivity index (χ0v) is 20.9. The Morgan fingerprint density at radius 3 is 2.43 bits per heavy atom. The lowest BCUT2D eigenvalue weighted by Gasteiger charge is -2.16. The lowest BCUT2D eigenvalue weighted by Crippen LogP contribution is -2.27. The van der Waals surface area contributed by atoms with E-state index in [0.717, 1.165) is 27.7 Å². The molecule has 4 rings (SSSR count). The summed E-state index contributed by atoms with van der Waals surface area (Å²) in [6, 6.07) is 22.5. The van der Waals surface area contributed by atoms with Crippen LogP contribution in [-0.2, 0) is 28.0 Å². The summed E-state index contributed by atoms with van der Waals surface area (Å²) < 4.78 is 25.8.